The van der Waals surface area contributed by atoms with Gasteiger partial charge in [0.1, 0.15) is 17.3 Å². The Labute approximate surface area is 129 Å². The zero-order chi connectivity index (χ0) is 15.6. The largest absolute Gasteiger partial charge is 0.457 e. The van der Waals surface area contributed by atoms with Crippen LogP contribution in [0, 0.1) is 19.7 Å². The summed E-state index contributed by atoms with van der Waals surface area (Å²) in [6, 6.07) is 8.15. The molecule has 0 saturated heterocycles. The van der Waals surface area contributed by atoms with E-state index in [-0.39, 0.29) is 11.9 Å². The van der Waals surface area contributed by atoms with Crippen LogP contribution in [0.2, 0.25) is 5.02 Å². The lowest BCUT2D eigenvalue weighted by Crippen LogP contribution is -2.18. The molecule has 2 aromatic carbocycles. The summed E-state index contributed by atoms with van der Waals surface area (Å²) in [5.74, 6) is 1.02. The molecule has 4 heteroatoms. The van der Waals surface area contributed by atoms with E-state index in [1.165, 1.54) is 12.1 Å². The number of nitrogens with two attached hydrogens (primary N) is 1. The van der Waals surface area contributed by atoms with Gasteiger partial charge in [-0.2, -0.15) is 0 Å². The molecule has 0 spiro atoms. The van der Waals surface area contributed by atoms with Crippen molar-refractivity contribution >= 4 is 11.6 Å². The molecule has 1 unspecified atom stereocenters. The van der Waals surface area contributed by atoms with E-state index in [1.807, 2.05) is 32.9 Å². The van der Waals surface area contributed by atoms with Crippen molar-refractivity contribution < 1.29 is 9.13 Å². The van der Waals surface area contributed by atoms with Crippen LogP contribution >= 0.6 is 11.6 Å². The molecule has 2 rings (SSSR count). The summed E-state index contributed by atoms with van der Waals surface area (Å²) in [5, 5.41) is 0.734. The molecule has 2 N–H and O–H groups in total. The van der Waals surface area contributed by atoms with Crippen molar-refractivity contribution in [2.75, 3.05) is 0 Å². The minimum absolute atomic E-state index is 0.0668. The molecule has 0 fully saturated rings. The summed E-state index contributed by atoms with van der Waals surface area (Å²) in [6.07, 6.45) is 0.554. The summed E-state index contributed by atoms with van der Waals surface area (Å²) >= 11 is 6.15. The molecule has 0 radical (unpaired) electrons. The van der Waals surface area contributed by atoms with E-state index in [2.05, 4.69) is 0 Å². The van der Waals surface area contributed by atoms with Gasteiger partial charge in [0.15, 0.2) is 0 Å². The van der Waals surface area contributed by atoms with Crippen LogP contribution in [0.3, 0.4) is 0 Å². The number of benzene rings is 2. The van der Waals surface area contributed by atoms with Crippen molar-refractivity contribution in [3.63, 3.8) is 0 Å². The number of aryl methyl sites for hydroxylation is 2. The Balaban J connectivity index is 2.35. The second kappa shape index (κ2) is 6.46. The Morgan fingerprint density at radius 3 is 2.38 bits per heavy atom. The second-order valence-corrected chi connectivity index (χ2v) is 5.78. The van der Waals surface area contributed by atoms with Gasteiger partial charge < -0.3 is 10.5 Å². The molecule has 0 aliphatic heterocycles. The van der Waals surface area contributed by atoms with Crippen molar-refractivity contribution in [1.82, 2.24) is 0 Å². The summed E-state index contributed by atoms with van der Waals surface area (Å²) in [6.45, 7) is 5.73. The van der Waals surface area contributed by atoms with E-state index < -0.39 is 0 Å². The summed E-state index contributed by atoms with van der Waals surface area (Å²) in [4.78, 5) is 0. The minimum Gasteiger partial charge on any atom is -0.457 e. The molecule has 2 nitrogen and oxygen atoms in total. The molecule has 2 aromatic rings. The Morgan fingerprint density at radius 1 is 1.19 bits per heavy atom. The van der Waals surface area contributed by atoms with Crippen molar-refractivity contribution in [2.45, 2.75) is 33.2 Å². The highest BCUT2D eigenvalue weighted by Crippen LogP contribution is 2.31. The van der Waals surface area contributed by atoms with Gasteiger partial charge in [0.25, 0.3) is 0 Å². The van der Waals surface area contributed by atoms with Crippen LogP contribution < -0.4 is 10.5 Å². The van der Waals surface area contributed by atoms with Crippen LogP contribution in [0.4, 0.5) is 4.39 Å². The van der Waals surface area contributed by atoms with E-state index in [0.717, 1.165) is 21.7 Å². The van der Waals surface area contributed by atoms with Crippen molar-refractivity contribution in [3.05, 3.63) is 57.9 Å². The van der Waals surface area contributed by atoms with Gasteiger partial charge in [0.2, 0.25) is 0 Å². The molecule has 1 atom stereocenters. The average Bonchev–Trinajstić information content (AvgIpc) is 2.38. The molecule has 0 amide bonds. The molecule has 21 heavy (non-hydrogen) atoms. The molecule has 0 bridgehead atoms. The van der Waals surface area contributed by atoms with Crippen molar-refractivity contribution in [1.29, 1.82) is 0 Å². The van der Waals surface area contributed by atoms with Gasteiger partial charge in [-0.15, -0.1) is 0 Å². The van der Waals surface area contributed by atoms with Crippen LogP contribution in [-0.4, -0.2) is 6.04 Å². The average molecular weight is 308 g/mol. The normalized spacial score (nSPS) is 12.3. The molecule has 0 heterocycles. The predicted molar refractivity (Wildman–Crippen MR) is 84.8 cm³/mol. The highest BCUT2D eigenvalue weighted by molar-refractivity contribution is 6.32. The highest BCUT2D eigenvalue weighted by atomic mass is 35.5. The first-order valence-corrected chi connectivity index (χ1v) is 7.23. The first kappa shape index (κ1) is 15.8. The standard InChI is InChI=1S/C17H19ClFNO/c1-10-6-15(7-11(2)17(10)18)21-16-5-4-14(19)9-13(16)8-12(3)20/h4-7,9,12H,8,20H2,1-3H3. The summed E-state index contributed by atoms with van der Waals surface area (Å²) in [7, 11) is 0. The maximum absolute atomic E-state index is 13.4. The first-order valence-electron chi connectivity index (χ1n) is 6.85. The third-order valence-electron chi connectivity index (χ3n) is 3.20. The molecular weight excluding hydrogens is 289 g/mol. The molecule has 0 aromatic heterocycles. The maximum atomic E-state index is 13.4. The zero-order valence-electron chi connectivity index (χ0n) is 12.4. The molecule has 0 aliphatic carbocycles. The number of rotatable bonds is 4. The highest BCUT2D eigenvalue weighted by Gasteiger charge is 2.10. The molecule has 0 aliphatic rings. The van der Waals surface area contributed by atoms with Crippen LogP contribution in [-0.2, 0) is 6.42 Å². The van der Waals surface area contributed by atoms with Crippen LogP contribution in [0.5, 0.6) is 11.5 Å². The summed E-state index contributed by atoms with van der Waals surface area (Å²) in [5.41, 5.74) is 8.46. The van der Waals surface area contributed by atoms with Crippen molar-refractivity contribution in [2.24, 2.45) is 5.73 Å². The quantitative estimate of drug-likeness (QED) is 0.882. The lowest BCUT2D eigenvalue weighted by atomic mass is 10.1. The molecule has 112 valence electrons. The third kappa shape index (κ3) is 3.96. The van der Waals surface area contributed by atoms with E-state index >= 15 is 0 Å². The van der Waals surface area contributed by atoms with E-state index in [4.69, 9.17) is 22.1 Å². The SMILES string of the molecule is Cc1cc(Oc2ccc(F)cc2CC(C)N)cc(C)c1Cl. The van der Waals surface area contributed by atoms with E-state index in [9.17, 15) is 4.39 Å². The van der Waals surface area contributed by atoms with Gasteiger partial charge in [-0.1, -0.05) is 11.6 Å². The fourth-order valence-electron chi connectivity index (χ4n) is 2.25. The Morgan fingerprint density at radius 2 is 1.81 bits per heavy atom. The second-order valence-electron chi connectivity index (χ2n) is 5.41. The first-order chi connectivity index (χ1) is 9.86. The number of ether oxygens (including phenoxy) is 1. The zero-order valence-corrected chi connectivity index (χ0v) is 13.2. The smallest absolute Gasteiger partial charge is 0.130 e. The van der Waals surface area contributed by atoms with Crippen molar-refractivity contribution in [3.8, 4) is 11.5 Å². The number of halogens is 2. The Hall–Kier alpha value is -1.58. The fraction of sp³-hybridized carbons (Fsp3) is 0.294. The van der Waals surface area contributed by atoms with Gasteiger partial charge >= 0.3 is 0 Å². The van der Waals surface area contributed by atoms with Gasteiger partial charge in [0.05, 0.1) is 0 Å². The maximum Gasteiger partial charge on any atom is 0.130 e. The predicted octanol–water partition coefficient (Wildman–Crippen LogP) is 4.78. The Kier molecular flexibility index (Phi) is 4.86. The van der Waals surface area contributed by atoms with Gasteiger partial charge in [0, 0.05) is 11.1 Å². The van der Waals surface area contributed by atoms with Crippen LogP contribution in [0.25, 0.3) is 0 Å². The van der Waals surface area contributed by atoms with E-state index in [1.54, 1.807) is 6.07 Å². The Bertz CT molecular complexity index is 632. The number of hydrogen-bond acceptors (Lipinski definition) is 2. The third-order valence-corrected chi connectivity index (χ3v) is 3.80. The molecule has 0 saturated carbocycles. The van der Waals surface area contributed by atoms with Gasteiger partial charge in [-0.3, -0.25) is 0 Å². The lowest BCUT2D eigenvalue weighted by molar-refractivity contribution is 0.470. The summed E-state index contributed by atoms with van der Waals surface area (Å²) < 4.78 is 19.3. The molecular formula is C17H19ClFNO. The van der Waals surface area contributed by atoms with Gasteiger partial charge in [-0.25, -0.2) is 4.39 Å². The van der Waals surface area contributed by atoms with Crippen LogP contribution in [0.15, 0.2) is 30.3 Å². The number of hydrogen-bond donors (Lipinski definition) is 1. The fourth-order valence-corrected chi connectivity index (χ4v) is 2.36. The van der Waals surface area contributed by atoms with Gasteiger partial charge in [-0.05, 0) is 74.2 Å². The topological polar surface area (TPSA) is 35.2 Å². The monoisotopic (exact) mass is 307 g/mol. The lowest BCUT2D eigenvalue weighted by Gasteiger charge is -2.14. The van der Waals surface area contributed by atoms with Crippen LogP contribution in [0.1, 0.15) is 23.6 Å². The van der Waals surface area contributed by atoms with E-state index in [0.29, 0.717) is 17.9 Å². The minimum atomic E-state index is -0.290.